The lowest BCUT2D eigenvalue weighted by Crippen LogP contribution is -2.34. The number of hydrogen-bond donors (Lipinski definition) is 1. The van der Waals surface area contributed by atoms with Gasteiger partial charge in [0.1, 0.15) is 5.82 Å². The molecule has 1 aliphatic carbocycles. The van der Waals surface area contributed by atoms with Gasteiger partial charge < -0.3 is 10.2 Å². The molecule has 0 saturated heterocycles. The molecule has 0 unspecified atom stereocenters. The van der Waals surface area contributed by atoms with Crippen LogP contribution in [0.15, 0.2) is 10.7 Å². The van der Waals surface area contributed by atoms with Gasteiger partial charge in [-0.2, -0.15) is 4.98 Å². The molecule has 1 saturated carbocycles. The van der Waals surface area contributed by atoms with Crippen LogP contribution < -0.4 is 10.2 Å². The van der Waals surface area contributed by atoms with Crippen molar-refractivity contribution in [2.24, 2.45) is 0 Å². The third-order valence-corrected chi connectivity index (χ3v) is 4.00. The number of nitrogens with one attached hydrogen (secondary N) is 1. The zero-order valence-electron chi connectivity index (χ0n) is 11.1. The first-order valence-corrected chi connectivity index (χ1v) is 7.58. The van der Waals surface area contributed by atoms with Crippen molar-refractivity contribution in [3.8, 4) is 0 Å². The molecule has 0 radical (unpaired) electrons. The minimum Gasteiger partial charge on any atom is -0.354 e. The number of hydrogen-bond acceptors (Lipinski definition) is 4. The molecule has 0 amide bonds. The zero-order chi connectivity index (χ0) is 13.0. The highest BCUT2D eigenvalue weighted by Crippen LogP contribution is 2.31. The van der Waals surface area contributed by atoms with E-state index in [1.807, 2.05) is 6.20 Å². The zero-order valence-corrected chi connectivity index (χ0v) is 12.7. The Kier molecular flexibility index (Phi) is 4.80. The standard InChI is InChI=1S/C13H21BrN4/c1-3-15-13-16-9-11(14)12(17-13)18(4-2)10-7-5-6-8-10/h9-10H,3-8H2,1-2H3,(H,15,16,17). The third-order valence-electron chi connectivity index (χ3n) is 3.44. The summed E-state index contributed by atoms with van der Waals surface area (Å²) in [5.41, 5.74) is 0. The predicted molar refractivity (Wildman–Crippen MR) is 79.2 cm³/mol. The highest BCUT2D eigenvalue weighted by Gasteiger charge is 2.24. The van der Waals surface area contributed by atoms with E-state index in [2.05, 4.69) is 50.0 Å². The van der Waals surface area contributed by atoms with E-state index >= 15 is 0 Å². The summed E-state index contributed by atoms with van der Waals surface area (Å²) in [4.78, 5) is 11.3. The van der Waals surface area contributed by atoms with E-state index in [1.54, 1.807) is 0 Å². The number of nitrogens with zero attached hydrogens (tertiary/aromatic N) is 3. The van der Waals surface area contributed by atoms with Crippen LogP contribution in [0.2, 0.25) is 0 Å². The fraction of sp³-hybridized carbons (Fsp3) is 0.692. The number of anilines is 2. The van der Waals surface area contributed by atoms with Gasteiger partial charge >= 0.3 is 0 Å². The van der Waals surface area contributed by atoms with Gasteiger partial charge in [0, 0.05) is 25.3 Å². The molecule has 0 atom stereocenters. The van der Waals surface area contributed by atoms with Gasteiger partial charge in [-0.15, -0.1) is 0 Å². The van der Waals surface area contributed by atoms with Crippen LogP contribution in [-0.2, 0) is 0 Å². The summed E-state index contributed by atoms with van der Waals surface area (Å²) in [5, 5.41) is 3.17. The SMILES string of the molecule is CCNc1ncc(Br)c(N(CC)C2CCCC2)n1. The van der Waals surface area contributed by atoms with Crippen LogP contribution in [-0.4, -0.2) is 29.1 Å². The van der Waals surface area contributed by atoms with Gasteiger partial charge in [-0.25, -0.2) is 4.98 Å². The number of halogens is 1. The van der Waals surface area contributed by atoms with Crippen molar-refractivity contribution in [1.82, 2.24) is 9.97 Å². The van der Waals surface area contributed by atoms with Gasteiger partial charge in [0.05, 0.1) is 4.47 Å². The Balaban J connectivity index is 2.25. The van der Waals surface area contributed by atoms with Gasteiger partial charge in [-0.05, 0) is 42.6 Å². The van der Waals surface area contributed by atoms with Crippen LogP contribution in [0.4, 0.5) is 11.8 Å². The minimum absolute atomic E-state index is 0.635. The molecule has 4 nitrogen and oxygen atoms in total. The van der Waals surface area contributed by atoms with Crippen LogP contribution >= 0.6 is 15.9 Å². The Hall–Kier alpha value is -0.840. The van der Waals surface area contributed by atoms with Crippen molar-refractivity contribution >= 4 is 27.7 Å². The van der Waals surface area contributed by atoms with Crippen molar-refractivity contribution in [3.05, 3.63) is 10.7 Å². The maximum atomic E-state index is 4.63. The molecule has 100 valence electrons. The van der Waals surface area contributed by atoms with Crippen LogP contribution in [0.5, 0.6) is 0 Å². The summed E-state index contributed by atoms with van der Waals surface area (Å²) in [6.45, 7) is 6.09. The third kappa shape index (κ3) is 2.94. The van der Waals surface area contributed by atoms with Crippen molar-refractivity contribution in [2.45, 2.75) is 45.6 Å². The van der Waals surface area contributed by atoms with Crippen molar-refractivity contribution in [1.29, 1.82) is 0 Å². The molecule has 0 spiro atoms. The summed E-state index contributed by atoms with van der Waals surface area (Å²) >= 11 is 3.58. The monoisotopic (exact) mass is 312 g/mol. The van der Waals surface area contributed by atoms with E-state index in [1.165, 1.54) is 25.7 Å². The lowest BCUT2D eigenvalue weighted by molar-refractivity contribution is 0.611. The van der Waals surface area contributed by atoms with E-state index in [-0.39, 0.29) is 0 Å². The van der Waals surface area contributed by atoms with Gasteiger partial charge in [0.15, 0.2) is 0 Å². The molecule has 1 aromatic rings. The molecular formula is C13H21BrN4. The summed E-state index contributed by atoms with van der Waals surface area (Å²) in [5.74, 6) is 1.74. The molecule has 1 N–H and O–H groups in total. The van der Waals surface area contributed by atoms with E-state index < -0.39 is 0 Å². The highest BCUT2D eigenvalue weighted by molar-refractivity contribution is 9.10. The van der Waals surface area contributed by atoms with E-state index in [0.29, 0.717) is 12.0 Å². The Morgan fingerprint density at radius 1 is 1.39 bits per heavy atom. The fourth-order valence-electron chi connectivity index (χ4n) is 2.60. The second kappa shape index (κ2) is 6.36. The van der Waals surface area contributed by atoms with Gasteiger partial charge in [0.2, 0.25) is 5.95 Å². The first-order valence-electron chi connectivity index (χ1n) is 6.79. The molecular weight excluding hydrogens is 292 g/mol. The number of rotatable bonds is 5. The minimum atomic E-state index is 0.635. The van der Waals surface area contributed by atoms with Crippen LogP contribution in [0.1, 0.15) is 39.5 Å². The first kappa shape index (κ1) is 13.6. The average molecular weight is 313 g/mol. The Labute approximate surface area is 117 Å². The van der Waals surface area contributed by atoms with E-state index in [0.717, 1.165) is 23.4 Å². The largest absolute Gasteiger partial charge is 0.354 e. The molecule has 0 bridgehead atoms. The second-order valence-corrected chi connectivity index (χ2v) is 5.47. The molecule has 1 aromatic heterocycles. The lowest BCUT2D eigenvalue weighted by atomic mass is 10.2. The molecule has 1 heterocycles. The fourth-order valence-corrected chi connectivity index (χ4v) is 3.02. The lowest BCUT2D eigenvalue weighted by Gasteiger charge is -2.29. The molecule has 0 aromatic carbocycles. The molecule has 1 aliphatic rings. The Morgan fingerprint density at radius 2 is 2.11 bits per heavy atom. The molecule has 1 fully saturated rings. The van der Waals surface area contributed by atoms with E-state index in [4.69, 9.17) is 0 Å². The summed E-state index contributed by atoms with van der Waals surface area (Å²) in [6.07, 6.45) is 7.08. The van der Waals surface area contributed by atoms with Crippen molar-refractivity contribution in [3.63, 3.8) is 0 Å². The first-order chi connectivity index (χ1) is 8.76. The summed E-state index contributed by atoms with van der Waals surface area (Å²) in [6, 6.07) is 0.635. The second-order valence-electron chi connectivity index (χ2n) is 4.62. The predicted octanol–water partition coefficient (Wildman–Crippen LogP) is 3.44. The van der Waals surface area contributed by atoms with Crippen molar-refractivity contribution in [2.75, 3.05) is 23.3 Å². The quantitative estimate of drug-likeness (QED) is 0.904. The van der Waals surface area contributed by atoms with Crippen LogP contribution in [0.3, 0.4) is 0 Å². The Morgan fingerprint density at radius 3 is 2.72 bits per heavy atom. The molecule has 0 aliphatic heterocycles. The molecule has 5 heteroatoms. The summed E-state index contributed by atoms with van der Waals surface area (Å²) in [7, 11) is 0. The average Bonchev–Trinajstić information content (AvgIpc) is 2.88. The van der Waals surface area contributed by atoms with Gasteiger partial charge in [-0.3, -0.25) is 0 Å². The van der Waals surface area contributed by atoms with Gasteiger partial charge in [0.25, 0.3) is 0 Å². The van der Waals surface area contributed by atoms with Crippen molar-refractivity contribution < 1.29 is 0 Å². The maximum absolute atomic E-state index is 4.63. The maximum Gasteiger partial charge on any atom is 0.224 e. The van der Waals surface area contributed by atoms with Crippen LogP contribution in [0, 0.1) is 0 Å². The Bertz CT molecular complexity index is 391. The molecule has 18 heavy (non-hydrogen) atoms. The van der Waals surface area contributed by atoms with Crippen LogP contribution in [0.25, 0.3) is 0 Å². The number of aromatic nitrogens is 2. The smallest absolute Gasteiger partial charge is 0.224 e. The highest BCUT2D eigenvalue weighted by atomic mass is 79.9. The van der Waals surface area contributed by atoms with Gasteiger partial charge in [-0.1, -0.05) is 12.8 Å². The normalized spacial score (nSPS) is 15.9. The topological polar surface area (TPSA) is 41.1 Å². The summed E-state index contributed by atoms with van der Waals surface area (Å²) < 4.78 is 0.984. The van der Waals surface area contributed by atoms with E-state index in [9.17, 15) is 0 Å². The molecule has 2 rings (SSSR count).